The number of halogens is 1. The maximum atomic E-state index is 5.37. The summed E-state index contributed by atoms with van der Waals surface area (Å²) in [4.78, 5) is 0. The second-order valence-corrected chi connectivity index (χ2v) is 1.74. The maximum absolute atomic E-state index is 5.37. The first-order valence-electron chi connectivity index (χ1n) is 2.74. The van der Waals surface area contributed by atoms with Crippen molar-refractivity contribution < 1.29 is 0 Å². The number of allylic oxidation sites excluding steroid dienone is 4. The molecule has 0 amide bonds. The van der Waals surface area contributed by atoms with Crippen molar-refractivity contribution in [3.63, 3.8) is 0 Å². The van der Waals surface area contributed by atoms with Crippen LogP contribution in [0.2, 0.25) is 0 Å². The molecule has 0 aromatic rings. The standard InChI is InChI=1S/C7H11Cl/c1-2-3-4-5-6-7-8/h2-3,5-6H,4,7H2,1H3. The van der Waals surface area contributed by atoms with Crippen LogP contribution in [-0.4, -0.2) is 5.88 Å². The van der Waals surface area contributed by atoms with Crippen LogP contribution in [0.15, 0.2) is 24.3 Å². The molecule has 0 aliphatic carbocycles. The van der Waals surface area contributed by atoms with Crippen LogP contribution in [0.3, 0.4) is 0 Å². The minimum Gasteiger partial charge on any atom is -0.122 e. The van der Waals surface area contributed by atoms with Gasteiger partial charge in [-0.1, -0.05) is 24.3 Å². The van der Waals surface area contributed by atoms with Crippen LogP contribution in [0.25, 0.3) is 0 Å². The second-order valence-electron chi connectivity index (χ2n) is 1.43. The predicted molar refractivity (Wildman–Crippen MR) is 39.3 cm³/mol. The molecule has 8 heavy (non-hydrogen) atoms. The van der Waals surface area contributed by atoms with Gasteiger partial charge in [-0.15, -0.1) is 11.6 Å². The summed E-state index contributed by atoms with van der Waals surface area (Å²) in [6.45, 7) is 2.01. The summed E-state index contributed by atoms with van der Waals surface area (Å²) >= 11 is 5.37. The SMILES string of the molecule is CC=CCC=CCCl. The lowest BCUT2D eigenvalue weighted by Crippen LogP contribution is -1.59. The van der Waals surface area contributed by atoms with Gasteiger partial charge in [0.2, 0.25) is 0 Å². The van der Waals surface area contributed by atoms with E-state index in [9.17, 15) is 0 Å². The molecule has 0 fully saturated rings. The fourth-order valence-corrected chi connectivity index (χ4v) is 0.500. The fraction of sp³-hybridized carbons (Fsp3) is 0.429. The molecule has 0 nitrogen and oxygen atoms in total. The summed E-state index contributed by atoms with van der Waals surface area (Å²) in [6, 6.07) is 0. The van der Waals surface area contributed by atoms with Crippen LogP contribution in [0.5, 0.6) is 0 Å². The van der Waals surface area contributed by atoms with Gasteiger partial charge in [0.15, 0.2) is 0 Å². The molecule has 0 aliphatic rings. The lowest BCUT2D eigenvalue weighted by molar-refractivity contribution is 1.37. The first-order valence-corrected chi connectivity index (χ1v) is 3.27. The highest BCUT2D eigenvalue weighted by atomic mass is 35.5. The number of alkyl halides is 1. The molecule has 0 aliphatic heterocycles. The van der Waals surface area contributed by atoms with E-state index in [4.69, 9.17) is 11.6 Å². The number of hydrogen-bond acceptors (Lipinski definition) is 0. The van der Waals surface area contributed by atoms with Gasteiger partial charge in [-0.25, -0.2) is 0 Å². The lowest BCUT2D eigenvalue weighted by Gasteiger charge is -1.76. The molecule has 46 valence electrons. The predicted octanol–water partition coefficient (Wildman–Crippen LogP) is 2.75. The van der Waals surface area contributed by atoms with Gasteiger partial charge in [-0.2, -0.15) is 0 Å². The van der Waals surface area contributed by atoms with E-state index in [1.165, 1.54) is 0 Å². The maximum Gasteiger partial charge on any atom is 0.0404 e. The van der Waals surface area contributed by atoms with Crippen molar-refractivity contribution in [2.75, 3.05) is 5.88 Å². The molecule has 0 bridgehead atoms. The van der Waals surface area contributed by atoms with Gasteiger partial charge >= 0.3 is 0 Å². The zero-order chi connectivity index (χ0) is 6.24. The Kier molecular flexibility index (Phi) is 6.58. The summed E-state index contributed by atoms with van der Waals surface area (Å²) in [5.74, 6) is 0.623. The Morgan fingerprint density at radius 2 is 2.00 bits per heavy atom. The van der Waals surface area contributed by atoms with E-state index in [1.54, 1.807) is 0 Å². The number of rotatable bonds is 3. The molecule has 0 radical (unpaired) electrons. The molecular formula is C7H11Cl. The van der Waals surface area contributed by atoms with Gasteiger partial charge < -0.3 is 0 Å². The van der Waals surface area contributed by atoms with Gasteiger partial charge in [0.05, 0.1) is 0 Å². The summed E-state index contributed by atoms with van der Waals surface area (Å²) in [7, 11) is 0. The highest BCUT2D eigenvalue weighted by Gasteiger charge is 1.66. The van der Waals surface area contributed by atoms with Gasteiger partial charge in [-0.3, -0.25) is 0 Å². The van der Waals surface area contributed by atoms with Crippen LogP contribution < -0.4 is 0 Å². The Morgan fingerprint density at radius 3 is 2.50 bits per heavy atom. The van der Waals surface area contributed by atoms with Crippen molar-refractivity contribution in [1.82, 2.24) is 0 Å². The smallest absolute Gasteiger partial charge is 0.0404 e. The largest absolute Gasteiger partial charge is 0.122 e. The normalized spacial score (nSPS) is 11.8. The molecule has 1 heteroatoms. The van der Waals surface area contributed by atoms with E-state index in [0.717, 1.165) is 6.42 Å². The van der Waals surface area contributed by atoms with E-state index in [0.29, 0.717) is 5.88 Å². The average Bonchev–Trinajstić information content (AvgIpc) is 1.81. The zero-order valence-corrected chi connectivity index (χ0v) is 5.86. The van der Waals surface area contributed by atoms with E-state index < -0.39 is 0 Å². The van der Waals surface area contributed by atoms with Gasteiger partial charge in [0.1, 0.15) is 0 Å². The quantitative estimate of drug-likeness (QED) is 0.407. The molecular weight excluding hydrogens is 120 g/mol. The molecule has 0 unspecified atom stereocenters. The van der Waals surface area contributed by atoms with E-state index in [-0.39, 0.29) is 0 Å². The molecule has 0 aromatic heterocycles. The first kappa shape index (κ1) is 7.77. The van der Waals surface area contributed by atoms with Crippen LogP contribution in [0.1, 0.15) is 13.3 Å². The van der Waals surface area contributed by atoms with Gasteiger partial charge in [0, 0.05) is 5.88 Å². The number of hydrogen-bond donors (Lipinski definition) is 0. The third-order valence-electron chi connectivity index (χ3n) is 0.764. The molecule has 0 atom stereocenters. The lowest BCUT2D eigenvalue weighted by atomic mass is 10.3. The minimum absolute atomic E-state index is 0.623. The molecule has 0 saturated heterocycles. The molecule has 0 saturated carbocycles. The molecule has 0 N–H and O–H groups in total. The van der Waals surface area contributed by atoms with Crippen LogP contribution in [0.4, 0.5) is 0 Å². The zero-order valence-electron chi connectivity index (χ0n) is 5.10. The first-order chi connectivity index (χ1) is 3.91. The van der Waals surface area contributed by atoms with Crippen molar-refractivity contribution in [2.24, 2.45) is 0 Å². The van der Waals surface area contributed by atoms with Crippen LogP contribution in [-0.2, 0) is 0 Å². The van der Waals surface area contributed by atoms with Crippen molar-refractivity contribution in [3.8, 4) is 0 Å². The molecule has 0 heterocycles. The summed E-state index contributed by atoms with van der Waals surface area (Å²) in [5, 5.41) is 0. The highest BCUT2D eigenvalue weighted by Crippen LogP contribution is 1.85. The molecule has 0 spiro atoms. The van der Waals surface area contributed by atoms with Crippen molar-refractivity contribution in [1.29, 1.82) is 0 Å². The van der Waals surface area contributed by atoms with Gasteiger partial charge in [0.25, 0.3) is 0 Å². The van der Waals surface area contributed by atoms with E-state index >= 15 is 0 Å². The average molecular weight is 131 g/mol. The van der Waals surface area contributed by atoms with Crippen molar-refractivity contribution in [2.45, 2.75) is 13.3 Å². The van der Waals surface area contributed by atoms with Crippen LogP contribution >= 0.6 is 11.6 Å². The molecule has 0 aromatic carbocycles. The third kappa shape index (κ3) is 5.77. The van der Waals surface area contributed by atoms with E-state index in [1.807, 2.05) is 25.2 Å². The summed E-state index contributed by atoms with van der Waals surface area (Å²) in [5.41, 5.74) is 0. The Morgan fingerprint density at radius 1 is 1.25 bits per heavy atom. The summed E-state index contributed by atoms with van der Waals surface area (Å²) < 4.78 is 0. The minimum atomic E-state index is 0.623. The second kappa shape index (κ2) is 6.77. The van der Waals surface area contributed by atoms with Crippen molar-refractivity contribution >= 4 is 11.6 Å². The van der Waals surface area contributed by atoms with Crippen LogP contribution in [0, 0.1) is 0 Å². The molecule has 0 rings (SSSR count). The highest BCUT2D eigenvalue weighted by molar-refractivity contribution is 6.18. The third-order valence-corrected chi connectivity index (χ3v) is 0.942. The Labute approximate surface area is 55.9 Å². The topological polar surface area (TPSA) is 0 Å². The Balaban J connectivity index is 3.03. The summed E-state index contributed by atoms with van der Waals surface area (Å²) in [6.07, 6.45) is 9.11. The van der Waals surface area contributed by atoms with Gasteiger partial charge in [-0.05, 0) is 13.3 Å². The van der Waals surface area contributed by atoms with E-state index in [2.05, 4.69) is 6.08 Å². The Bertz CT molecular complexity index is 82.4. The van der Waals surface area contributed by atoms with Crippen molar-refractivity contribution in [3.05, 3.63) is 24.3 Å². The Hall–Kier alpha value is -0.230. The monoisotopic (exact) mass is 130 g/mol. The fourth-order valence-electron chi connectivity index (χ4n) is 0.374.